The number of halogens is 1. The first-order valence-electron chi connectivity index (χ1n) is 9.91. The molecule has 30 heavy (non-hydrogen) atoms. The van der Waals surface area contributed by atoms with E-state index in [-0.39, 0.29) is 0 Å². The molecule has 160 valence electrons. The van der Waals surface area contributed by atoms with Crippen LogP contribution in [0, 0.1) is 0 Å². The Balaban J connectivity index is 1.41. The summed E-state index contributed by atoms with van der Waals surface area (Å²) in [6.07, 6.45) is 1.55. The number of benzene rings is 2. The van der Waals surface area contributed by atoms with Crippen molar-refractivity contribution in [3.63, 3.8) is 0 Å². The molecule has 2 aromatic rings. The molecule has 2 aromatic carbocycles. The molecular formula is C22H26ClN3O4. The van der Waals surface area contributed by atoms with Crippen LogP contribution in [0.25, 0.3) is 0 Å². The number of carbonyl (C=O) groups is 2. The number of methoxy groups -OCH3 is 1. The third kappa shape index (κ3) is 6.11. The molecule has 0 bridgehead atoms. The van der Waals surface area contributed by atoms with Gasteiger partial charge in [-0.25, -0.2) is 0 Å². The highest BCUT2D eigenvalue weighted by molar-refractivity contribution is 6.40. The molecule has 0 aliphatic carbocycles. The Labute approximate surface area is 181 Å². The standard InChI is InChI=1S/C22H26ClN3O4/c1-29-20-9-6-17(23)15-19(20)25-22(28)21(27)24-10-2-3-16-4-7-18(8-5-16)26-11-13-30-14-12-26/h4-9,15H,2-3,10-14H2,1H3,(H,24,27)(H,25,28). The molecule has 0 aromatic heterocycles. The maximum absolute atomic E-state index is 12.1. The zero-order valence-electron chi connectivity index (χ0n) is 16.9. The molecule has 0 radical (unpaired) electrons. The van der Waals surface area contributed by atoms with Crippen molar-refractivity contribution >= 4 is 34.8 Å². The largest absolute Gasteiger partial charge is 0.495 e. The molecule has 3 rings (SSSR count). The molecule has 8 heteroatoms. The van der Waals surface area contributed by atoms with E-state index in [0.29, 0.717) is 23.0 Å². The smallest absolute Gasteiger partial charge is 0.313 e. The fourth-order valence-corrected chi connectivity index (χ4v) is 3.40. The van der Waals surface area contributed by atoms with Gasteiger partial charge in [-0.3, -0.25) is 9.59 Å². The first-order chi connectivity index (χ1) is 14.6. The van der Waals surface area contributed by atoms with Gasteiger partial charge < -0.3 is 25.0 Å². The second-order valence-electron chi connectivity index (χ2n) is 6.92. The molecule has 0 spiro atoms. The second kappa shape index (κ2) is 10.8. The normalized spacial score (nSPS) is 13.6. The lowest BCUT2D eigenvalue weighted by Crippen LogP contribution is -2.36. The summed E-state index contributed by atoms with van der Waals surface area (Å²) in [7, 11) is 1.48. The predicted molar refractivity (Wildman–Crippen MR) is 117 cm³/mol. The summed E-state index contributed by atoms with van der Waals surface area (Å²) >= 11 is 5.94. The van der Waals surface area contributed by atoms with Crippen molar-refractivity contribution in [2.75, 3.05) is 50.2 Å². The van der Waals surface area contributed by atoms with E-state index < -0.39 is 11.8 Å². The fraction of sp³-hybridized carbons (Fsp3) is 0.364. The highest BCUT2D eigenvalue weighted by atomic mass is 35.5. The lowest BCUT2D eigenvalue weighted by molar-refractivity contribution is -0.136. The topological polar surface area (TPSA) is 79.9 Å². The molecule has 2 N–H and O–H groups in total. The van der Waals surface area contributed by atoms with Gasteiger partial charge in [0.15, 0.2) is 0 Å². The monoisotopic (exact) mass is 431 g/mol. The summed E-state index contributed by atoms with van der Waals surface area (Å²) in [4.78, 5) is 26.5. The first kappa shape index (κ1) is 21.9. The number of carbonyl (C=O) groups excluding carboxylic acids is 2. The van der Waals surface area contributed by atoms with Gasteiger partial charge in [-0.15, -0.1) is 0 Å². The number of nitrogens with one attached hydrogen (secondary N) is 2. The van der Waals surface area contributed by atoms with Gasteiger partial charge in [-0.1, -0.05) is 23.7 Å². The average Bonchev–Trinajstić information content (AvgIpc) is 2.77. The van der Waals surface area contributed by atoms with Gasteiger partial charge in [-0.2, -0.15) is 0 Å². The fourth-order valence-electron chi connectivity index (χ4n) is 3.23. The van der Waals surface area contributed by atoms with Crippen molar-refractivity contribution in [3.05, 3.63) is 53.1 Å². The lowest BCUT2D eigenvalue weighted by Gasteiger charge is -2.28. The molecule has 1 heterocycles. The van der Waals surface area contributed by atoms with E-state index in [4.69, 9.17) is 21.1 Å². The van der Waals surface area contributed by atoms with Crippen molar-refractivity contribution in [3.8, 4) is 5.75 Å². The summed E-state index contributed by atoms with van der Waals surface area (Å²) in [5, 5.41) is 5.60. The molecule has 2 amide bonds. The van der Waals surface area contributed by atoms with Crippen molar-refractivity contribution < 1.29 is 19.1 Å². The number of aryl methyl sites for hydroxylation is 1. The maximum Gasteiger partial charge on any atom is 0.313 e. The summed E-state index contributed by atoms with van der Waals surface area (Å²) in [5.41, 5.74) is 2.74. The Morgan fingerprint density at radius 3 is 2.53 bits per heavy atom. The first-order valence-corrected chi connectivity index (χ1v) is 10.3. The third-order valence-electron chi connectivity index (χ3n) is 4.86. The van der Waals surface area contributed by atoms with E-state index in [0.717, 1.165) is 39.1 Å². The molecule has 1 saturated heterocycles. The van der Waals surface area contributed by atoms with Gasteiger partial charge >= 0.3 is 11.8 Å². The number of hydrogen-bond acceptors (Lipinski definition) is 5. The number of amides is 2. The van der Waals surface area contributed by atoms with Gasteiger partial charge in [-0.05, 0) is 48.7 Å². The summed E-state index contributed by atoms with van der Waals surface area (Å²) < 4.78 is 10.5. The zero-order valence-corrected chi connectivity index (χ0v) is 17.7. The van der Waals surface area contributed by atoms with E-state index in [1.54, 1.807) is 12.1 Å². The number of rotatable bonds is 7. The molecule has 1 fully saturated rings. The lowest BCUT2D eigenvalue weighted by atomic mass is 10.1. The van der Waals surface area contributed by atoms with Gasteiger partial charge in [0.05, 0.1) is 26.0 Å². The van der Waals surface area contributed by atoms with Crippen LogP contribution in [0.2, 0.25) is 5.02 Å². The van der Waals surface area contributed by atoms with Crippen molar-refractivity contribution in [2.24, 2.45) is 0 Å². The molecular weight excluding hydrogens is 406 g/mol. The summed E-state index contributed by atoms with van der Waals surface area (Å²) in [6.45, 7) is 3.76. The van der Waals surface area contributed by atoms with Crippen LogP contribution in [0.3, 0.4) is 0 Å². The summed E-state index contributed by atoms with van der Waals surface area (Å²) in [6, 6.07) is 13.2. The minimum absolute atomic E-state index is 0.352. The van der Waals surface area contributed by atoms with Gasteiger partial charge in [0, 0.05) is 30.3 Å². The summed E-state index contributed by atoms with van der Waals surface area (Å²) in [5.74, 6) is -1.02. The Hall–Kier alpha value is -2.77. The number of anilines is 2. The minimum atomic E-state index is -0.759. The number of morpholine rings is 1. The molecule has 0 saturated carbocycles. The van der Waals surface area contributed by atoms with Gasteiger partial charge in [0.1, 0.15) is 5.75 Å². The Morgan fingerprint density at radius 1 is 1.10 bits per heavy atom. The van der Waals surface area contributed by atoms with Crippen molar-refractivity contribution in [1.29, 1.82) is 0 Å². The van der Waals surface area contributed by atoms with E-state index in [1.165, 1.54) is 24.4 Å². The van der Waals surface area contributed by atoms with Crippen LogP contribution in [0.1, 0.15) is 12.0 Å². The van der Waals surface area contributed by atoms with Gasteiger partial charge in [0.2, 0.25) is 0 Å². The number of nitrogens with zero attached hydrogens (tertiary/aromatic N) is 1. The van der Waals surface area contributed by atoms with Gasteiger partial charge in [0.25, 0.3) is 0 Å². The van der Waals surface area contributed by atoms with E-state index >= 15 is 0 Å². The average molecular weight is 432 g/mol. The Kier molecular flexibility index (Phi) is 7.93. The molecule has 0 atom stereocenters. The molecule has 1 aliphatic heterocycles. The van der Waals surface area contributed by atoms with Crippen LogP contribution in [-0.4, -0.2) is 51.8 Å². The third-order valence-corrected chi connectivity index (χ3v) is 5.09. The Morgan fingerprint density at radius 2 is 1.83 bits per heavy atom. The highest BCUT2D eigenvalue weighted by Crippen LogP contribution is 2.27. The quantitative estimate of drug-likeness (QED) is 0.520. The Bertz CT molecular complexity index is 867. The van der Waals surface area contributed by atoms with Crippen LogP contribution in [0.4, 0.5) is 11.4 Å². The molecule has 0 unspecified atom stereocenters. The second-order valence-corrected chi connectivity index (χ2v) is 7.36. The van der Waals surface area contributed by atoms with Crippen LogP contribution in [-0.2, 0) is 20.7 Å². The molecule has 7 nitrogen and oxygen atoms in total. The van der Waals surface area contributed by atoms with Crippen LogP contribution < -0.4 is 20.3 Å². The number of ether oxygens (including phenoxy) is 2. The predicted octanol–water partition coefficient (Wildman–Crippen LogP) is 2.87. The zero-order chi connectivity index (χ0) is 21.3. The van der Waals surface area contributed by atoms with Crippen LogP contribution in [0.5, 0.6) is 5.75 Å². The number of hydrogen-bond donors (Lipinski definition) is 2. The molecule has 1 aliphatic rings. The maximum atomic E-state index is 12.1. The van der Waals surface area contributed by atoms with Crippen LogP contribution >= 0.6 is 11.6 Å². The SMILES string of the molecule is COc1ccc(Cl)cc1NC(=O)C(=O)NCCCc1ccc(N2CCOCC2)cc1. The van der Waals surface area contributed by atoms with E-state index in [1.807, 2.05) is 0 Å². The van der Waals surface area contributed by atoms with E-state index in [2.05, 4.69) is 39.8 Å². The minimum Gasteiger partial charge on any atom is -0.495 e. The highest BCUT2D eigenvalue weighted by Gasteiger charge is 2.16. The van der Waals surface area contributed by atoms with Crippen molar-refractivity contribution in [1.82, 2.24) is 5.32 Å². The van der Waals surface area contributed by atoms with Crippen LogP contribution in [0.15, 0.2) is 42.5 Å². The van der Waals surface area contributed by atoms with E-state index in [9.17, 15) is 9.59 Å². The van der Waals surface area contributed by atoms with Crippen molar-refractivity contribution in [2.45, 2.75) is 12.8 Å².